The fourth-order valence-electron chi connectivity index (χ4n) is 11.2. The fraction of sp³-hybridized carbons (Fsp3) is 0.243. The molecule has 4 heterocycles. The second-order valence-corrected chi connectivity index (χ2v) is 21.9. The van der Waals surface area contributed by atoms with Gasteiger partial charge in [-0.05, 0) is 59.4 Å². The van der Waals surface area contributed by atoms with Gasteiger partial charge in [-0.15, -0.1) is 0 Å². The van der Waals surface area contributed by atoms with Crippen molar-refractivity contribution < 1.29 is 101 Å². The summed E-state index contributed by atoms with van der Waals surface area (Å²) in [6.45, 7) is 0.532. The van der Waals surface area contributed by atoms with E-state index in [-0.39, 0.29) is 116 Å². The first-order valence-electron chi connectivity index (χ1n) is 30.0. The summed E-state index contributed by atoms with van der Waals surface area (Å²) in [6, 6.07) is 37.0. The summed E-state index contributed by atoms with van der Waals surface area (Å²) in [5.74, 6) is 2.09. The van der Waals surface area contributed by atoms with Gasteiger partial charge in [0.15, 0.2) is 79.9 Å². The van der Waals surface area contributed by atoms with Crippen molar-refractivity contribution in [2.45, 2.75) is 25.7 Å². The van der Waals surface area contributed by atoms with E-state index in [4.69, 9.17) is 65.7 Å². The van der Waals surface area contributed by atoms with Gasteiger partial charge in [0.1, 0.15) is 56.1 Å². The van der Waals surface area contributed by atoms with E-state index in [1.807, 2.05) is 66.7 Å². The Labute approximate surface area is 556 Å². The third kappa shape index (κ3) is 15.1. The summed E-state index contributed by atoms with van der Waals surface area (Å²) in [6.07, 6.45) is 4.42. The number of methoxy groups -OCH3 is 10. The smallest absolute Gasteiger partial charge is 0.204 e. The minimum atomic E-state index is -0.416. The summed E-state index contributed by atoms with van der Waals surface area (Å²) in [7, 11) is 14.6. The van der Waals surface area contributed by atoms with Gasteiger partial charge < -0.3 is 91.2 Å². The highest BCUT2D eigenvalue weighted by molar-refractivity contribution is 6.05. The molecule has 2 atom stereocenters. The Morgan fingerprint density at radius 3 is 1.39 bits per heavy atom. The molecule has 2 unspecified atom stereocenters. The number of rotatable bonds is 18. The van der Waals surface area contributed by atoms with E-state index in [1.54, 1.807) is 61.7 Å². The van der Waals surface area contributed by atoms with Crippen LogP contribution in [0, 0.1) is 11.8 Å². The standard InChI is InChI=1S/C20H20O7.C19H20O6.C18H18O5.C17H14O5/c1-23-14-6-5-11(8-13(14)21)7-12-10-27-15-9-16(24-2)19(25-3)20(26-4)17(15)18(12)22;1-22-13-8-16(24-3)18-17(9-13)25-10-12(19(18)21)6-11-4-5-15(23-2)14(20)7-11;1-21-14-9-13-15(17(20)18(14)22-2)16(19)12(10-23-13)8-11-6-4-3-5-7-11;1-21-17-12(18)8-13-14(16(17)20)15(19)11(9-22-13)7-10-5-3-2-4-6-10/h5-6,8-10,21H,7H2,1-4H3;4-5,7-9,12,20H,6,10H2,1-3H3;3-7,9,12,20H,8,10H2,1-2H3;2-6,8-9,18,20H,7H2,1H3. The van der Waals surface area contributed by atoms with Crippen molar-refractivity contribution in [1.82, 2.24) is 0 Å². The van der Waals surface area contributed by atoms with Crippen molar-refractivity contribution in [1.29, 1.82) is 0 Å². The molecule has 0 saturated carbocycles. The van der Waals surface area contributed by atoms with Crippen LogP contribution in [0.2, 0.25) is 0 Å². The van der Waals surface area contributed by atoms with Gasteiger partial charge in [-0.1, -0.05) is 72.8 Å². The molecule has 2 aliphatic rings. The number of ketones is 2. The van der Waals surface area contributed by atoms with Gasteiger partial charge in [0.05, 0.1) is 109 Å². The van der Waals surface area contributed by atoms with Crippen molar-refractivity contribution >= 4 is 33.5 Å². The van der Waals surface area contributed by atoms with Crippen molar-refractivity contribution in [3.63, 3.8) is 0 Å². The van der Waals surface area contributed by atoms with Crippen LogP contribution in [-0.2, 0) is 25.7 Å². The molecule has 0 radical (unpaired) electrons. The number of aromatic hydroxyl groups is 5. The molecular weight excluding hydrogens is 1260 g/mol. The number of carbonyl (C=O) groups excluding carboxylic acids is 2. The molecule has 97 heavy (non-hydrogen) atoms. The van der Waals surface area contributed by atoms with Crippen LogP contribution >= 0.6 is 0 Å². The predicted octanol–water partition coefficient (Wildman–Crippen LogP) is 11.6. The molecule has 0 saturated heterocycles. The summed E-state index contributed by atoms with van der Waals surface area (Å²) in [4.78, 5) is 51.3. The van der Waals surface area contributed by atoms with E-state index in [9.17, 15) is 44.7 Å². The molecule has 5 N–H and O–H groups in total. The quantitative estimate of drug-likeness (QED) is 0.0533. The zero-order valence-electron chi connectivity index (χ0n) is 54.8. The maximum absolute atomic E-state index is 13.1. The molecule has 0 fully saturated rings. The van der Waals surface area contributed by atoms with Gasteiger partial charge in [-0.2, -0.15) is 0 Å². The lowest BCUT2D eigenvalue weighted by atomic mass is 9.89. The molecule has 0 aliphatic carbocycles. The van der Waals surface area contributed by atoms with Gasteiger partial charge in [0.25, 0.3) is 0 Å². The number of benzene rings is 8. The SMILES string of the molecule is COc1c(O)cc2occ(Cc3ccccc3)c(=O)c2c1O.COc1cc(OC)c2c(c1)OCC(Cc1ccc(OC)c(O)c1)C2=O.COc1cc2c(c(O)c1OC)C(=O)C(Cc1ccccc1)CO2.COc1ccc(Cc2coc3cc(OC)c(OC)c(OC)c3c2=O)cc1O. The Kier molecular flexibility index (Phi) is 22.5. The zero-order chi connectivity index (χ0) is 69.6. The largest absolute Gasteiger partial charge is 0.504 e. The van der Waals surface area contributed by atoms with E-state index >= 15 is 0 Å². The van der Waals surface area contributed by atoms with E-state index in [1.165, 1.54) is 82.6 Å². The predicted molar refractivity (Wildman–Crippen MR) is 357 cm³/mol. The van der Waals surface area contributed by atoms with Crippen molar-refractivity contribution in [3.8, 4) is 97.7 Å². The second kappa shape index (κ2) is 31.4. The van der Waals surface area contributed by atoms with Gasteiger partial charge in [-0.3, -0.25) is 19.2 Å². The molecule has 2 aliphatic heterocycles. The number of fused-ring (bicyclic) bond motifs is 4. The lowest BCUT2D eigenvalue weighted by Crippen LogP contribution is -2.30. The van der Waals surface area contributed by atoms with Crippen LogP contribution in [-0.4, -0.2) is 121 Å². The Hall–Kier alpha value is -11.9. The summed E-state index contributed by atoms with van der Waals surface area (Å²) >= 11 is 0. The average Bonchev–Trinajstić information content (AvgIpc) is 0.790. The third-order valence-electron chi connectivity index (χ3n) is 16.0. The maximum atomic E-state index is 13.1. The number of Topliss-reactive ketones (excluding diaryl/α,β-unsaturated/α-hetero) is 2. The first-order chi connectivity index (χ1) is 46.9. The number of ether oxygens (including phenoxy) is 12. The Morgan fingerprint density at radius 2 is 0.856 bits per heavy atom. The minimum absolute atomic E-state index is 0.00285. The minimum Gasteiger partial charge on any atom is -0.504 e. The lowest BCUT2D eigenvalue weighted by Gasteiger charge is -2.26. The van der Waals surface area contributed by atoms with Crippen LogP contribution in [0.4, 0.5) is 0 Å². The van der Waals surface area contributed by atoms with E-state index < -0.39 is 5.75 Å². The lowest BCUT2D eigenvalue weighted by molar-refractivity contribution is 0.0816. The highest BCUT2D eigenvalue weighted by Gasteiger charge is 2.36. The molecule has 2 aromatic heterocycles. The van der Waals surface area contributed by atoms with E-state index in [0.717, 1.165) is 22.3 Å². The van der Waals surface area contributed by atoms with Gasteiger partial charge in [0.2, 0.25) is 17.2 Å². The van der Waals surface area contributed by atoms with Gasteiger partial charge >= 0.3 is 0 Å². The summed E-state index contributed by atoms with van der Waals surface area (Å²) in [5, 5.41) is 50.4. The van der Waals surface area contributed by atoms with Crippen molar-refractivity contribution in [2.75, 3.05) is 84.3 Å². The van der Waals surface area contributed by atoms with Crippen LogP contribution in [0.15, 0.2) is 158 Å². The molecule has 12 rings (SSSR count). The van der Waals surface area contributed by atoms with Gasteiger partial charge in [0, 0.05) is 54.3 Å². The molecular formula is C74H72O23. The molecule has 10 aromatic rings. The summed E-state index contributed by atoms with van der Waals surface area (Å²) in [5.41, 5.74) is 4.85. The molecule has 0 bridgehead atoms. The number of carbonyl (C=O) groups is 2. The Balaban J connectivity index is 0.000000152. The second-order valence-electron chi connectivity index (χ2n) is 21.9. The van der Waals surface area contributed by atoms with Crippen LogP contribution in [0.3, 0.4) is 0 Å². The first-order valence-corrected chi connectivity index (χ1v) is 30.0. The molecule has 23 nitrogen and oxygen atoms in total. The molecule has 0 spiro atoms. The Morgan fingerprint density at radius 1 is 0.381 bits per heavy atom. The van der Waals surface area contributed by atoms with E-state index in [2.05, 4.69) is 0 Å². The van der Waals surface area contributed by atoms with Crippen molar-refractivity contribution in [3.05, 3.63) is 205 Å². The fourth-order valence-corrected chi connectivity index (χ4v) is 11.2. The highest BCUT2D eigenvalue weighted by Crippen LogP contribution is 2.48. The number of phenolic OH excluding ortho intramolecular Hbond substituents is 5. The molecule has 506 valence electrons. The van der Waals surface area contributed by atoms with Crippen LogP contribution < -0.4 is 67.7 Å². The van der Waals surface area contributed by atoms with Crippen LogP contribution in [0.5, 0.6) is 97.7 Å². The Bertz CT molecular complexity index is 4580. The number of phenols is 5. The topological polar surface area (TPSA) is 306 Å². The normalized spacial score (nSPS) is 13.4. The average molecular weight is 1330 g/mol. The third-order valence-corrected chi connectivity index (χ3v) is 16.0. The van der Waals surface area contributed by atoms with Crippen molar-refractivity contribution in [2.24, 2.45) is 11.8 Å². The summed E-state index contributed by atoms with van der Waals surface area (Å²) < 4.78 is 74.4. The zero-order valence-corrected chi connectivity index (χ0v) is 54.8. The number of hydrogen-bond acceptors (Lipinski definition) is 23. The molecule has 23 heteroatoms. The van der Waals surface area contributed by atoms with Crippen LogP contribution in [0.1, 0.15) is 54.1 Å². The first kappa shape index (κ1) is 69.5. The maximum Gasteiger partial charge on any atom is 0.204 e. The number of hydrogen-bond donors (Lipinski definition) is 5. The monoisotopic (exact) mass is 1330 g/mol. The van der Waals surface area contributed by atoms with Crippen LogP contribution in [0.25, 0.3) is 21.9 Å². The highest BCUT2D eigenvalue weighted by atomic mass is 16.5. The van der Waals surface area contributed by atoms with Gasteiger partial charge in [-0.25, -0.2) is 0 Å². The molecule has 0 amide bonds. The molecule has 8 aromatic carbocycles. The van der Waals surface area contributed by atoms with E-state index in [0.29, 0.717) is 93.3 Å².